The zero-order chi connectivity index (χ0) is 10.8. The van der Waals surface area contributed by atoms with Gasteiger partial charge < -0.3 is 10.3 Å². The molecule has 0 radical (unpaired) electrons. The van der Waals surface area contributed by atoms with Crippen LogP contribution in [0.2, 0.25) is 0 Å². The highest BCUT2D eigenvalue weighted by atomic mass is 16.1. The maximum Gasteiger partial charge on any atom is 0.266 e. The zero-order valence-electron chi connectivity index (χ0n) is 8.21. The van der Waals surface area contributed by atoms with Crippen LogP contribution in [0, 0.1) is 0 Å². The summed E-state index contributed by atoms with van der Waals surface area (Å²) in [6.45, 7) is 0. The minimum absolute atomic E-state index is 0.383. The predicted octanol–water partition coefficient (Wildman–Crippen LogP) is 0.581. The fraction of sp³-hybridized carbons (Fsp3) is 0.100. The van der Waals surface area contributed by atoms with E-state index in [9.17, 15) is 4.79 Å². The molecule has 0 aliphatic rings. The number of hydrogen-bond donors (Lipinski definition) is 1. The lowest BCUT2D eigenvalue weighted by molar-refractivity contribution is 0.0992. The number of nitrogens with zero attached hydrogens (tertiary/aromatic N) is 3. The van der Waals surface area contributed by atoms with Crippen molar-refractivity contribution in [2.45, 2.75) is 0 Å². The molecular formula is C10H10N4O. The summed E-state index contributed by atoms with van der Waals surface area (Å²) >= 11 is 0. The summed E-state index contributed by atoms with van der Waals surface area (Å²) in [5.41, 5.74) is 6.43. The van der Waals surface area contributed by atoms with Gasteiger partial charge in [0.15, 0.2) is 0 Å². The van der Waals surface area contributed by atoms with E-state index >= 15 is 0 Å². The summed E-state index contributed by atoms with van der Waals surface area (Å²) in [6.07, 6.45) is 4.83. The lowest BCUT2D eigenvalue weighted by Crippen LogP contribution is -2.15. The van der Waals surface area contributed by atoms with Gasteiger partial charge in [-0.25, -0.2) is 4.98 Å². The van der Waals surface area contributed by atoms with Crippen molar-refractivity contribution in [1.82, 2.24) is 14.5 Å². The van der Waals surface area contributed by atoms with Crippen LogP contribution >= 0.6 is 0 Å². The highest BCUT2D eigenvalue weighted by Crippen LogP contribution is 2.16. The zero-order valence-corrected chi connectivity index (χ0v) is 8.21. The van der Waals surface area contributed by atoms with E-state index in [0.29, 0.717) is 11.5 Å². The van der Waals surface area contributed by atoms with Crippen LogP contribution in [0.1, 0.15) is 10.5 Å². The maximum absolute atomic E-state index is 11.0. The Morgan fingerprint density at radius 1 is 1.47 bits per heavy atom. The fourth-order valence-corrected chi connectivity index (χ4v) is 1.40. The van der Waals surface area contributed by atoms with Crippen molar-refractivity contribution in [3.8, 4) is 11.4 Å². The van der Waals surface area contributed by atoms with Gasteiger partial charge in [-0.3, -0.25) is 9.78 Å². The number of primary amides is 1. The Bertz CT molecular complexity index is 489. The van der Waals surface area contributed by atoms with Gasteiger partial charge in [-0.1, -0.05) is 0 Å². The second kappa shape index (κ2) is 3.53. The molecule has 1 amide bonds. The largest absolute Gasteiger partial charge is 0.364 e. The van der Waals surface area contributed by atoms with E-state index in [1.165, 1.54) is 6.20 Å². The van der Waals surface area contributed by atoms with Crippen molar-refractivity contribution < 1.29 is 4.79 Å². The lowest BCUT2D eigenvalue weighted by Gasteiger charge is -2.02. The summed E-state index contributed by atoms with van der Waals surface area (Å²) in [7, 11) is 1.75. The number of rotatable bonds is 2. The third-order valence-electron chi connectivity index (χ3n) is 2.16. The number of hydrogen-bond acceptors (Lipinski definition) is 3. The van der Waals surface area contributed by atoms with Gasteiger partial charge in [-0.15, -0.1) is 0 Å². The maximum atomic E-state index is 11.0. The quantitative estimate of drug-likeness (QED) is 0.774. The molecular weight excluding hydrogens is 192 g/mol. The molecule has 0 spiro atoms. The van der Waals surface area contributed by atoms with Gasteiger partial charge in [0.05, 0.1) is 6.20 Å². The van der Waals surface area contributed by atoms with E-state index in [-0.39, 0.29) is 0 Å². The second-order valence-corrected chi connectivity index (χ2v) is 3.13. The van der Waals surface area contributed by atoms with Crippen LogP contribution in [-0.4, -0.2) is 20.4 Å². The first kappa shape index (κ1) is 9.39. The van der Waals surface area contributed by atoms with Crippen molar-refractivity contribution in [2.24, 2.45) is 12.8 Å². The van der Waals surface area contributed by atoms with Crippen LogP contribution in [0.25, 0.3) is 11.4 Å². The summed E-state index contributed by atoms with van der Waals surface area (Å²) in [4.78, 5) is 19.1. The van der Waals surface area contributed by atoms with Gasteiger partial charge in [-0.05, 0) is 12.1 Å². The Morgan fingerprint density at radius 2 is 2.27 bits per heavy atom. The Hall–Kier alpha value is -2.17. The average molecular weight is 202 g/mol. The molecule has 0 bridgehead atoms. The van der Waals surface area contributed by atoms with Crippen LogP contribution in [0.15, 0.2) is 30.7 Å². The van der Waals surface area contributed by atoms with Gasteiger partial charge in [0.1, 0.15) is 11.5 Å². The van der Waals surface area contributed by atoms with Gasteiger partial charge in [0.2, 0.25) is 0 Å². The Morgan fingerprint density at radius 3 is 2.80 bits per heavy atom. The van der Waals surface area contributed by atoms with Crippen molar-refractivity contribution in [1.29, 1.82) is 0 Å². The van der Waals surface area contributed by atoms with Crippen molar-refractivity contribution in [3.63, 3.8) is 0 Å². The molecule has 2 N–H and O–H groups in total. The van der Waals surface area contributed by atoms with Crippen molar-refractivity contribution in [3.05, 3.63) is 36.4 Å². The molecule has 5 heteroatoms. The van der Waals surface area contributed by atoms with E-state index < -0.39 is 5.91 Å². The standard InChI is InChI=1S/C10H10N4O/c1-14-8(9(11)15)6-13-10(14)7-3-2-4-12-5-7/h2-6H,1H3,(H2,11,15). The van der Waals surface area contributed by atoms with Crippen LogP contribution in [-0.2, 0) is 7.05 Å². The molecule has 0 unspecified atom stereocenters. The molecule has 0 aromatic carbocycles. The third kappa shape index (κ3) is 1.59. The van der Waals surface area contributed by atoms with Crippen LogP contribution in [0.4, 0.5) is 0 Å². The molecule has 5 nitrogen and oxygen atoms in total. The van der Waals surface area contributed by atoms with Gasteiger partial charge in [-0.2, -0.15) is 0 Å². The number of carbonyl (C=O) groups excluding carboxylic acids is 1. The van der Waals surface area contributed by atoms with Crippen LogP contribution in [0.5, 0.6) is 0 Å². The Labute approximate surface area is 86.6 Å². The molecule has 2 aromatic heterocycles. The number of carbonyl (C=O) groups is 1. The molecule has 2 heterocycles. The molecule has 15 heavy (non-hydrogen) atoms. The number of aromatic nitrogens is 3. The SMILES string of the molecule is Cn1c(C(N)=O)cnc1-c1cccnc1. The molecule has 0 saturated carbocycles. The number of amides is 1. The van der Waals surface area contributed by atoms with Crippen molar-refractivity contribution >= 4 is 5.91 Å². The van der Waals surface area contributed by atoms with E-state index in [2.05, 4.69) is 9.97 Å². The van der Waals surface area contributed by atoms with Gasteiger partial charge in [0.25, 0.3) is 5.91 Å². The molecule has 0 aliphatic carbocycles. The van der Waals surface area contributed by atoms with Gasteiger partial charge >= 0.3 is 0 Å². The molecule has 0 fully saturated rings. The molecule has 76 valence electrons. The highest BCUT2D eigenvalue weighted by Gasteiger charge is 2.11. The predicted molar refractivity (Wildman–Crippen MR) is 55.0 cm³/mol. The molecule has 0 saturated heterocycles. The fourth-order valence-electron chi connectivity index (χ4n) is 1.40. The molecule has 0 atom stereocenters. The van der Waals surface area contributed by atoms with Crippen molar-refractivity contribution in [2.75, 3.05) is 0 Å². The lowest BCUT2D eigenvalue weighted by atomic mass is 10.3. The van der Waals surface area contributed by atoms with E-state index in [4.69, 9.17) is 5.73 Å². The number of nitrogens with two attached hydrogens (primary N) is 1. The van der Waals surface area contributed by atoms with Crippen LogP contribution < -0.4 is 5.73 Å². The minimum atomic E-state index is -0.486. The van der Waals surface area contributed by atoms with E-state index in [0.717, 1.165) is 5.56 Å². The third-order valence-corrected chi connectivity index (χ3v) is 2.16. The minimum Gasteiger partial charge on any atom is -0.364 e. The van der Waals surface area contributed by atoms with E-state index in [1.807, 2.05) is 12.1 Å². The molecule has 2 rings (SSSR count). The first-order valence-corrected chi connectivity index (χ1v) is 4.42. The number of pyridine rings is 1. The number of imidazole rings is 1. The molecule has 0 aliphatic heterocycles. The summed E-state index contributed by atoms with van der Waals surface area (Å²) in [6, 6.07) is 3.69. The summed E-state index contributed by atoms with van der Waals surface area (Å²) in [5.74, 6) is 0.192. The van der Waals surface area contributed by atoms with Gasteiger partial charge in [0, 0.05) is 25.0 Å². The summed E-state index contributed by atoms with van der Waals surface area (Å²) in [5, 5.41) is 0. The monoisotopic (exact) mass is 202 g/mol. The smallest absolute Gasteiger partial charge is 0.266 e. The first-order valence-electron chi connectivity index (χ1n) is 4.42. The normalized spacial score (nSPS) is 10.2. The first-order chi connectivity index (χ1) is 7.20. The average Bonchev–Trinajstić information content (AvgIpc) is 2.61. The Kier molecular flexibility index (Phi) is 2.21. The van der Waals surface area contributed by atoms with E-state index in [1.54, 1.807) is 24.0 Å². The molecule has 2 aromatic rings. The van der Waals surface area contributed by atoms with Crippen LogP contribution in [0.3, 0.4) is 0 Å². The summed E-state index contributed by atoms with van der Waals surface area (Å²) < 4.78 is 1.65. The topological polar surface area (TPSA) is 73.8 Å². The highest BCUT2D eigenvalue weighted by molar-refractivity contribution is 5.91. The Balaban J connectivity index is 2.52. The second-order valence-electron chi connectivity index (χ2n) is 3.13.